The van der Waals surface area contributed by atoms with E-state index < -0.39 is 6.04 Å². The largest absolute Gasteiger partial charge is 0.508 e. The molecule has 5 nitrogen and oxygen atoms in total. The van der Waals surface area contributed by atoms with Gasteiger partial charge in [0.25, 0.3) is 0 Å². The van der Waals surface area contributed by atoms with Crippen molar-refractivity contribution in [3.63, 3.8) is 0 Å². The molecule has 0 saturated carbocycles. The Morgan fingerprint density at radius 2 is 1.76 bits per heavy atom. The predicted molar refractivity (Wildman–Crippen MR) is 135 cm³/mol. The molecule has 0 saturated heterocycles. The van der Waals surface area contributed by atoms with Crippen LogP contribution in [0.25, 0.3) is 10.8 Å². The quantitative estimate of drug-likeness (QED) is 0.408. The molecule has 2 N–H and O–H groups in total. The van der Waals surface area contributed by atoms with Crippen molar-refractivity contribution in [1.82, 2.24) is 10.2 Å². The van der Waals surface area contributed by atoms with E-state index in [0.717, 1.165) is 22.8 Å². The number of aromatic hydroxyl groups is 1. The van der Waals surface area contributed by atoms with Gasteiger partial charge in [0.05, 0.1) is 6.04 Å². The number of hydrogen-bond acceptors (Lipinski definition) is 4. The number of phenols is 1. The maximum absolute atomic E-state index is 13.0. The Bertz CT molecular complexity index is 1330. The van der Waals surface area contributed by atoms with Crippen molar-refractivity contribution < 1.29 is 14.7 Å². The Labute approximate surface area is 202 Å². The second-order valence-electron chi connectivity index (χ2n) is 8.57. The highest BCUT2D eigenvalue weighted by Crippen LogP contribution is 2.36. The molecule has 0 spiro atoms. The van der Waals surface area contributed by atoms with Crippen LogP contribution in [-0.4, -0.2) is 28.4 Å². The molecule has 0 radical (unpaired) electrons. The Morgan fingerprint density at radius 3 is 2.62 bits per heavy atom. The highest BCUT2D eigenvalue weighted by atomic mass is 32.1. The minimum Gasteiger partial charge on any atom is -0.508 e. The van der Waals surface area contributed by atoms with Crippen molar-refractivity contribution in [2.75, 3.05) is 6.54 Å². The summed E-state index contributed by atoms with van der Waals surface area (Å²) in [5.41, 5.74) is 2.74. The summed E-state index contributed by atoms with van der Waals surface area (Å²) in [7, 11) is 0. The number of hydrogen-bond donors (Lipinski definition) is 2. The van der Waals surface area contributed by atoms with E-state index in [1.54, 1.807) is 17.4 Å². The van der Waals surface area contributed by atoms with Crippen LogP contribution in [0.15, 0.2) is 78.2 Å². The smallest absolute Gasteiger partial charge is 0.223 e. The lowest BCUT2D eigenvalue weighted by Crippen LogP contribution is -2.36. The third-order valence-corrected chi connectivity index (χ3v) is 7.42. The van der Waals surface area contributed by atoms with Gasteiger partial charge in [-0.25, -0.2) is 0 Å². The van der Waals surface area contributed by atoms with Gasteiger partial charge in [0.2, 0.25) is 11.8 Å². The average molecular weight is 471 g/mol. The molecule has 1 atom stereocenters. The Hall–Kier alpha value is -3.64. The number of amides is 2. The second kappa shape index (κ2) is 9.69. The molecule has 2 amide bonds. The van der Waals surface area contributed by atoms with Gasteiger partial charge in [-0.15, -0.1) is 11.3 Å². The first-order chi connectivity index (χ1) is 16.6. The van der Waals surface area contributed by atoms with Gasteiger partial charge < -0.3 is 15.3 Å². The van der Waals surface area contributed by atoms with Crippen LogP contribution in [0.2, 0.25) is 0 Å². The number of phenolic OH excluding ortho intramolecular Hbond substituents is 1. The Kier molecular flexibility index (Phi) is 6.32. The van der Waals surface area contributed by atoms with Crippen LogP contribution >= 0.6 is 11.3 Å². The van der Waals surface area contributed by atoms with E-state index in [-0.39, 0.29) is 30.4 Å². The van der Waals surface area contributed by atoms with Gasteiger partial charge in [-0.05, 0) is 45.8 Å². The van der Waals surface area contributed by atoms with Gasteiger partial charge in [0.15, 0.2) is 0 Å². The second-order valence-corrected chi connectivity index (χ2v) is 9.57. The zero-order valence-corrected chi connectivity index (χ0v) is 19.6. The lowest BCUT2D eigenvalue weighted by Gasteiger charge is -2.27. The van der Waals surface area contributed by atoms with E-state index in [9.17, 15) is 14.7 Å². The zero-order chi connectivity index (χ0) is 23.5. The molecular weight excluding hydrogens is 444 g/mol. The maximum Gasteiger partial charge on any atom is 0.223 e. The molecular formula is C28H26N2O3S. The molecule has 4 aromatic rings. The van der Waals surface area contributed by atoms with Crippen molar-refractivity contribution in [1.29, 1.82) is 0 Å². The molecule has 1 aliphatic rings. The molecule has 172 valence electrons. The van der Waals surface area contributed by atoms with E-state index in [2.05, 4.69) is 16.8 Å². The topological polar surface area (TPSA) is 69.6 Å². The van der Waals surface area contributed by atoms with Gasteiger partial charge in [-0.2, -0.15) is 0 Å². The van der Waals surface area contributed by atoms with Crippen LogP contribution in [0.1, 0.15) is 40.5 Å². The highest BCUT2D eigenvalue weighted by Gasteiger charge is 2.25. The van der Waals surface area contributed by atoms with Crippen LogP contribution in [0.4, 0.5) is 0 Å². The third kappa shape index (κ3) is 4.54. The Balaban J connectivity index is 1.33. The number of carbonyl (C=O) groups is 2. The minimum absolute atomic E-state index is 0.00345. The first-order valence-corrected chi connectivity index (χ1v) is 12.4. The minimum atomic E-state index is -0.529. The first kappa shape index (κ1) is 22.2. The molecule has 1 aromatic heterocycles. The third-order valence-electron chi connectivity index (χ3n) is 6.40. The van der Waals surface area contributed by atoms with Crippen LogP contribution in [0.3, 0.4) is 0 Å². The molecule has 0 fully saturated rings. The van der Waals surface area contributed by atoms with Gasteiger partial charge in [-0.3, -0.25) is 9.59 Å². The summed E-state index contributed by atoms with van der Waals surface area (Å²) in [6.45, 7) is 1.32. The number of nitrogens with one attached hydrogen (secondary N) is 1. The lowest BCUT2D eigenvalue weighted by molar-refractivity contribution is -0.134. The average Bonchev–Trinajstić information content (AvgIpc) is 3.35. The number of thiophene rings is 1. The van der Waals surface area contributed by atoms with Gasteiger partial charge >= 0.3 is 0 Å². The van der Waals surface area contributed by atoms with Crippen LogP contribution < -0.4 is 5.32 Å². The summed E-state index contributed by atoms with van der Waals surface area (Å²) in [6.07, 6.45) is 1.14. The number of nitrogens with zero attached hydrogens (tertiary/aromatic N) is 1. The molecule has 34 heavy (non-hydrogen) atoms. The fourth-order valence-corrected chi connectivity index (χ4v) is 5.52. The molecule has 5 rings (SSSR count). The van der Waals surface area contributed by atoms with Crippen molar-refractivity contribution in [3.8, 4) is 5.75 Å². The van der Waals surface area contributed by atoms with Crippen LogP contribution in [0, 0.1) is 0 Å². The van der Waals surface area contributed by atoms with Crippen LogP contribution in [0.5, 0.6) is 5.75 Å². The summed E-state index contributed by atoms with van der Waals surface area (Å²) < 4.78 is 0. The predicted octanol–water partition coefficient (Wildman–Crippen LogP) is 5.18. The number of rotatable bonds is 6. The highest BCUT2D eigenvalue weighted by molar-refractivity contribution is 7.10. The summed E-state index contributed by atoms with van der Waals surface area (Å²) in [5.74, 6) is -0.0946. The standard InChI is InChI=1S/C28H26N2O3S/c31-23-11-10-19-6-4-5-9-22(19)27(23)28(20-7-2-1-3-8-20)29-25(32)12-13-26(33)30-16-14-24-21(18-30)15-17-34-24/h1-11,15,17,28,31H,12-14,16,18H2,(H,29,32). The summed E-state index contributed by atoms with van der Waals surface area (Å²) in [6, 6.07) is 22.5. The van der Waals surface area contributed by atoms with Gasteiger partial charge in [0.1, 0.15) is 5.75 Å². The van der Waals surface area contributed by atoms with E-state index in [0.29, 0.717) is 18.7 Å². The van der Waals surface area contributed by atoms with E-state index >= 15 is 0 Å². The summed E-state index contributed by atoms with van der Waals surface area (Å²) in [5, 5.41) is 17.8. The molecule has 0 bridgehead atoms. The zero-order valence-electron chi connectivity index (χ0n) is 18.7. The SMILES string of the molecule is O=C(CCC(=O)N1CCc2sccc2C1)NC(c1ccccc1)c1c(O)ccc2ccccc12. The molecule has 3 aromatic carbocycles. The van der Waals surface area contributed by atoms with E-state index in [1.165, 1.54) is 10.4 Å². The number of carbonyl (C=O) groups excluding carboxylic acids is 2. The summed E-state index contributed by atoms with van der Waals surface area (Å²) in [4.78, 5) is 29.0. The number of fused-ring (bicyclic) bond motifs is 2. The summed E-state index contributed by atoms with van der Waals surface area (Å²) >= 11 is 1.74. The van der Waals surface area contributed by atoms with Crippen molar-refractivity contribution in [3.05, 3.63) is 99.7 Å². The van der Waals surface area contributed by atoms with Crippen molar-refractivity contribution in [2.24, 2.45) is 0 Å². The van der Waals surface area contributed by atoms with Crippen molar-refractivity contribution >= 4 is 33.9 Å². The molecule has 0 aliphatic carbocycles. The van der Waals surface area contributed by atoms with Crippen LogP contribution in [-0.2, 0) is 22.6 Å². The first-order valence-electron chi connectivity index (χ1n) is 11.5. The lowest BCUT2D eigenvalue weighted by atomic mass is 9.92. The molecule has 2 heterocycles. The van der Waals surface area contributed by atoms with E-state index in [4.69, 9.17) is 0 Å². The molecule has 1 aliphatic heterocycles. The molecule has 6 heteroatoms. The van der Waals surface area contributed by atoms with Gasteiger partial charge in [-0.1, -0.05) is 60.7 Å². The molecule has 1 unspecified atom stereocenters. The monoisotopic (exact) mass is 470 g/mol. The maximum atomic E-state index is 13.0. The number of benzene rings is 3. The van der Waals surface area contributed by atoms with E-state index in [1.807, 2.05) is 65.6 Å². The Morgan fingerprint density at radius 1 is 0.971 bits per heavy atom. The normalized spacial score (nSPS) is 13.9. The fourth-order valence-electron chi connectivity index (χ4n) is 4.63. The van der Waals surface area contributed by atoms with Gasteiger partial charge in [0, 0.05) is 36.4 Å². The fraction of sp³-hybridized carbons (Fsp3) is 0.214. The van der Waals surface area contributed by atoms with Crippen molar-refractivity contribution in [2.45, 2.75) is 31.8 Å².